The van der Waals surface area contributed by atoms with Crippen LogP contribution in [0.25, 0.3) is 10.9 Å². The molecule has 1 saturated heterocycles. The number of aromatic nitrogens is 2. The Hall–Kier alpha value is -2.71. The number of hydrogen-bond donors (Lipinski definition) is 2. The first-order valence-corrected chi connectivity index (χ1v) is 9.87. The zero-order valence-corrected chi connectivity index (χ0v) is 16.8. The largest absolute Gasteiger partial charge is 0.484 e. The number of fused-ring (bicyclic) bond motifs is 1. The van der Waals surface area contributed by atoms with Gasteiger partial charge in [0, 0.05) is 47.9 Å². The van der Waals surface area contributed by atoms with Gasteiger partial charge in [0.05, 0.1) is 5.52 Å². The second-order valence-corrected chi connectivity index (χ2v) is 7.39. The Kier molecular flexibility index (Phi) is 5.68. The fourth-order valence-corrected chi connectivity index (χ4v) is 3.26. The smallest absolute Gasteiger partial charge is 0.262 e. The fourth-order valence-electron chi connectivity index (χ4n) is 3.00. The van der Waals surface area contributed by atoms with Crippen molar-refractivity contribution in [2.75, 3.05) is 43.0 Å². The van der Waals surface area contributed by atoms with Crippen LogP contribution in [0.3, 0.4) is 0 Å². The summed E-state index contributed by atoms with van der Waals surface area (Å²) < 4.78 is 6.46. The molecule has 0 spiro atoms. The van der Waals surface area contributed by atoms with Gasteiger partial charge in [0.15, 0.2) is 6.61 Å². The van der Waals surface area contributed by atoms with Gasteiger partial charge in [-0.1, -0.05) is 15.9 Å². The summed E-state index contributed by atoms with van der Waals surface area (Å²) in [4.78, 5) is 23.5. The Morgan fingerprint density at radius 2 is 1.96 bits per heavy atom. The number of carbonyl (C=O) groups excluding carboxylic acids is 1. The maximum atomic E-state index is 12.2. The van der Waals surface area contributed by atoms with Crippen molar-refractivity contribution < 1.29 is 9.53 Å². The molecule has 4 rings (SSSR count). The van der Waals surface area contributed by atoms with Crippen LogP contribution in [0.4, 0.5) is 11.6 Å². The number of ether oxygens (including phenoxy) is 1. The van der Waals surface area contributed by atoms with E-state index in [9.17, 15) is 4.79 Å². The standard InChI is InChI=1S/C20H20BrN5O2/c21-15-1-4-17(5-2-15)28-13-19(27)24-16-3-6-18-14(11-16)12-23-20(25-18)26-9-7-22-8-10-26/h1-6,11-12,22H,7-10,13H2,(H,24,27). The Bertz CT molecular complexity index is 974. The highest BCUT2D eigenvalue weighted by atomic mass is 79.9. The summed E-state index contributed by atoms with van der Waals surface area (Å²) in [6, 6.07) is 13.0. The predicted octanol–water partition coefficient (Wildman–Crippen LogP) is 2.82. The van der Waals surface area contributed by atoms with E-state index in [1.165, 1.54) is 0 Å². The Morgan fingerprint density at radius 3 is 2.75 bits per heavy atom. The van der Waals surface area contributed by atoms with Crippen LogP contribution in [0.5, 0.6) is 5.75 Å². The van der Waals surface area contributed by atoms with Gasteiger partial charge < -0.3 is 20.3 Å². The van der Waals surface area contributed by atoms with E-state index in [1.54, 1.807) is 18.3 Å². The van der Waals surface area contributed by atoms with E-state index in [-0.39, 0.29) is 12.5 Å². The zero-order valence-electron chi connectivity index (χ0n) is 15.2. The van der Waals surface area contributed by atoms with Gasteiger partial charge in [0.2, 0.25) is 5.95 Å². The molecule has 28 heavy (non-hydrogen) atoms. The van der Waals surface area contributed by atoms with Crippen LogP contribution in [0.1, 0.15) is 0 Å². The lowest BCUT2D eigenvalue weighted by Gasteiger charge is -2.27. The molecule has 144 valence electrons. The van der Waals surface area contributed by atoms with Crippen molar-refractivity contribution >= 4 is 44.4 Å². The minimum atomic E-state index is -0.222. The first kappa shape index (κ1) is 18.6. The number of benzene rings is 2. The highest BCUT2D eigenvalue weighted by molar-refractivity contribution is 9.10. The molecule has 2 N–H and O–H groups in total. The van der Waals surface area contributed by atoms with Crippen molar-refractivity contribution in [3.05, 3.63) is 53.1 Å². The normalized spacial score (nSPS) is 14.1. The van der Waals surface area contributed by atoms with Gasteiger partial charge in [0.1, 0.15) is 5.75 Å². The third-order valence-electron chi connectivity index (χ3n) is 4.43. The number of nitrogens with one attached hydrogen (secondary N) is 2. The molecule has 8 heteroatoms. The van der Waals surface area contributed by atoms with Gasteiger partial charge >= 0.3 is 0 Å². The molecule has 1 amide bonds. The van der Waals surface area contributed by atoms with E-state index < -0.39 is 0 Å². The highest BCUT2D eigenvalue weighted by Crippen LogP contribution is 2.20. The molecule has 2 aromatic carbocycles. The van der Waals surface area contributed by atoms with E-state index >= 15 is 0 Å². The Labute approximate surface area is 171 Å². The summed E-state index contributed by atoms with van der Waals surface area (Å²) >= 11 is 3.37. The van der Waals surface area contributed by atoms with Gasteiger partial charge in [-0.3, -0.25) is 4.79 Å². The van der Waals surface area contributed by atoms with Crippen LogP contribution in [0.2, 0.25) is 0 Å². The number of anilines is 2. The summed E-state index contributed by atoms with van der Waals surface area (Å²) in [5.41, 5.74) is 1.54. The van der Waals surface area contributed by atoms with Crippen LogP contribution in [0.15, 0.2) is 53.1 Å². The summed E-state index contributed by atoms with van der Waals surface area (Å²) in [5.74, 6) is 1.17. The lowest BCUT2D eigenvalue weighted by atomic mass is 10.2. The minimum Gasteiger partial charge on any atom is -0.484 e. The third kappa shape index (κ3) is 4.58. The summed E-state index contributed by atoms with van der Waals surface area (Å²) in [6.45, 7) is 3.62. The van der Waals surface area contributed by atoms with Crippen molar-refractivity contribution in [3.8, 4) is 5.75 Å². The molecule has 1 fully saturated rings. The monoisotopic (exact) mass is 441 g/mol. The topological polar surface area (TPSA) is 79.4 Å². The van der Waals surface area contributed by atoms with Gasteiger partial charge in [-0.05, 0) is 42.5 Å². The minimum absolute atomic E-state index is 0.0574. The molecule has 0 saturated carbocycles. The van der Waals surface area contributed by atoms with Crippen LogP contribution < -0.4 is 20.3 Å². The Balaban J connectivity index is 1.39. The van der Waals surface area contributed by atoms with Crippen molar-refractivity contribution in [1.82, 2.24) is 15.3 Å². The van der Waals surface area contributed by atoms with Gasteiger partial charge in [0.25, 0.3) is 5.91 Å². The molecule has 0 aliphatic carbocycles. The van der Waals surface area contributed by atoms with Crippen molar-refractivity contribution in [3.63, 3.8) is 0 Å². The summed E-state index contributed by atoms with van der Waals surface area (Å²) in [7, 11) is 0. The average Bonchev–Trinajstić information content (AvgIpc) is 2.73. The van der Waals surface area contributed by atoms with Crippen molar-refractivity contribution in [1.29, 1.82) is 0 Å². The molecule has 1 aliphatic rings. The molecule has 0 atom stereocenters. The fraction of sp³-hybridized carbons (Fsp3) is 0.250. The SMILES string of the molecule is O=C(COc1ccc(Br)cc1)Nc1ccc2nc(N3CCNCC3)ncc2c1. The highest BCUT2D eigenvalue weighted by Gasteiger charge is 2.13. The molecule has 2 heterocycles. The summed E-state index contributed by atoms with van der Waals surface area (Å²) in [6.07, 6.45) is 1.80. The number of hydrogen-bond acceptors (Lipinski definition) is 6. The quantitative estimate of drug-likeness (QED) is 0.633. The van der Waals surface area contributed by atoms with Crippen LogP contribution in [-0.2, 0) is 4.79 Å². The van der Waals surface area contributed by atoms with Crippen LogP contribution in [-0.4, -0.2) is 48.7 Å². The molecule has 0 radical (unpaired) electrons. The molecule has 3 aromatic rings. The Morgan fingerprint density at radius 1 is 1.18 bits per heavy atom. The molecular weight excluding hydrogens is 422 g/mol. The maximum Gasteiger partial charge on any atom is 0.262 e. The number of amides is 1. The summed E-state index contributed by atoms with van der Waals surface area (Å²) in [5, 5.41) is 7.05. The third-order valence-corrected chi connectivity index (χ3v) is 4.96. The number of nitrogens with zero attached hydrogens (tertiary/aromatic N) is 3. The molecule has 1 aliphatic heterocycles. The van der Waals surface area contributed by atoms with Crippen LogP contribution in [0, 0.1) is 0 Å². The van der Waals surface area contributed by atoms with E-state index in [2.05, 4.69) is 41.4 Å². The molecule has 1 aromatic heterocycles. The van der Waals surface area contributed by atoms with Crippen LogP contribution >= 0.6 is 15.9 Å². The number of rotatable bonds is 5. The van der Waals surface area contributed by atoms with E-state index in [1.807, 2.05) is 30.3 Å². The predicted molar refractivity (Wildman–Crippen MR) is 113 cm³/mol. The van der Waals surface area contributed by atoms with E-state index in [0.717, 1.165) is 47.5 Å². The maximum absolute atomic E-state index is 12.2. The average molecular weight is 442 g/mol. The number of piperazine rings is 1. The lowest BCUT2D eigenvalue weighted by Crippen LogP contribution is -2.44. The number of halogens is 1. The van der Waals surface area contributed by atoms with Gasteiger partial charge in [-0.15, -0.1) is 0 Å². The second kappa shape index (κ2) is 8.53. The molecule has 0 unspecified atom stereocenters. The van der Waals surface area contributed by atoms with E-state index in [4.69, 9.17) is 4.74 Å². The first-order chi connectivity index (χ1) is 13.7. The lowest BCUT2D eigenvalue weighted by molar-refractivity contribution is -0.118. The number of carbonyl (C=O) groups is 1. The zero-order chi connectivity index (χ0) is 19.3. The van der Waals surface area contributed by atoms with E-state index in [0.29, 0.717) is 11.4 Å². The van der Waals surface area contributed by atoms with Crippen molar-refractivity contribution in [2.24, 2.45) is 0 Å². The van der Waals surface area contributed by atoms with Crippen molar-refractivity contribution in [2.45, 2.75) is 0 Å². The molecule has 0 bridgehead atoms. The van der Waals surface area contributed by atoms with Gasteiger partial charge in [-0.25, -0.2) is 9.97 Å². The van der Waals surface area contributed by atoms with Gasteiger partial charge in [-0.2, -0.15) is 0 Å². The first-order valence-electron chi connectivity index (χ1n) is 9.08. The molecule has 7 nitrogen and oxygen atoms in total. The second-order valence-electron chi connectivity index (χ2n) is 6.47. The molecular formula is C20H20BrN5O2.